The van der Waals surface area contributed by atoms with Crippen LogP contribution in [0.5, 0.6) is 0 Å². The molecule has 1 aliphatic rings. The molecule has 2 nitrogen and oxygen atoms in total. The average Bonchev–Trinajstić information content (AvgIpc) is 2.81. The van der Waals surface area contributed by atoms with Crippen LogP contribution in [0.3, 0.4) is 0 Å². The largest absolute Gasteiger partial charge is 0.388 e. The lowest BCUT2D eigenvalue weighted by atomic mass is 9.75. The lowest BCUT2D eigenvalue weighted by molar-refractivity contribution is 0.0981. The number of aliphatic hydroxyl groups excluding tert-OH is 1. The van der Waals surface area contributed by atoms with E-state index in [9.17, 15) is 5.11 Å². The topological polar surface area (TPSA) is 25.2 Å². The minimum absolute atomic E-state index is 0.175. The highest BCUT2D eigenvalue weighted by atomic mass is 16.3. The highest BCUT2D eigenvalue weighted by Crippen LogP contribution is 2.41. The summed E-state index contributed by atoms with van der Waals surface area (Å²) in [6.45, 7) is 7.56. The molecule has 2 heteroatoms. The van der Waals surface area contributed by atoms with E-state index < -0.39 is 0 Å². The Morgan fingerprint density at radius 3 is 2.48 bits per heavy atom. The van der Waals surface area contributed by atoms with Gasteiger partial charge in [0, 0.05) is 24.0 Å². The van der Waals surface area contributed by atoms with Gasteiger partial charge in [-0.25, -0.2) is 0 Å². The van der Waals surface area contributed by atoms with Crippen LogP contribution in [0.4, 0.5) is 0 Å². The number of benzene rings is 1. The van der Waals surface area contributed by atoms with E-state index in [1.807, 2.05) is 0 Å². The van der Waals surface area contributed by atoms with Gasteiger partial charge in [-0.05, 0) is 41.9 Å². The zero-order chi connectivity index (χ0) is 15.0. The van der Waals surface area contributed by atoms with Crippen LogP contribution in [0.15, 0.2) is 36.5 Å². The zero-order valence-electron chi connectivity index (χ0n) is 13.3. The molecular formula is C19H25NO. The van der Waals surface area contributed by atoms with Crippen molar-refractivity contribution in [1.82, 2.24) is 4.57 Å². The third-order valence-electron chi connectivity index (χ3n) is 4.65. The van der Waals surface area contributed by atoms with E-state index in [-0.39, 0.29) is 11.5 Å². The van der Waals surface area contributed by atoms with E-state index in [1.165, 1.54) is 16.8 Å². The summed E-state index contributed by atoms with van der Waals surface area (Å²) in [4.78, 5) is 0. The number of rotatable bonds is 3. The van der Waals surface area contributed by atoms with Crippen molar-refractivity contribution in [3.8, 4) is 0 Å². The highest BCUT2D eigenvalue weighted by molar-refractivity contribution is 5.31. The predicted molar refractivity (Wildman–Crippen MR) is 86.4 cm³/mol. The Morgan fingerprint density at radius 2 is 1.81 bits per heavy atom. The lowest BCUT2D eigenvalue weighted by Gasteiger charge is -2.34. The number of aliphatic hydroxyl groups is 1. The molecule has 0 spiro atoms. The smallest absolute Gasteiger partial charge is 0.0812 e. The van der Waals surface area contributed by atoms with Gasteiger partial charge in [-0.15, -0.1) is 0 Å². The van der Waals surface area contributed by atoms with Crippen molar-refractivity contribution in [2.75, 3.05) is 0 Å². The number of nitrogens with zero attached hydrogens (tertiary/aromatic N) is 1. The van der Waals surface area contributed by atoms with E-state index in [2.05, 4.69) is 61.9 Å². The van der Waals surface area contributed by atoms with Crippen LogP contribution >= 0.6 is 0 Å². The standard InChI is InChI=1S/C19H25NO/c1-4-14-5-7-15(8-6-14)13-20-10-9-16-17(20)11-19(2,3)12-18(16)21/h5-10,18,21H,4,11-13H2,1-3H3. The Morgan fingerprint density at radius 1 is 1.14 bits per heavy atom. The number of fused-ring (bicyclic) bond motifs is 1. The maximum atomic E-state index is 10.3. The summed E-state index contributed by atoms with van der Waals surface area (Å²) in [7, 11) is 0. The molecule has 112 valence electrons. The van der Waals surface area contributed by atoms with Gasteiger partial charge in [0.15, 0.2) is 0 Å². The summed E-state index contributed by atoms with van der Waals surface area (Å²) >= 11 is 0. The first-order chi connectivity index (χ1) is 9.98. The average molecular weight is 283 g/mol. The Kier molecular flexibility index (Phi) is 3.66. The second-order valence-electron chi connectivity index (χ2n) is 7.08. The maximum Gasteiger partial charge on any atom is 0.0812 e. The molecular weight excluding hydrogens is 258 g/mol. The van der Waals surface area contributed by atoms with E-state index in [0.29, 0.717) is 0 Å². The molecule has 1 atom stereocenters. The molecule has 0 radical (unpaired) electrons. The van der Waals surface area contributed by atoms with Gasteiger partial charge < -0.3 is 9.67 Å². The number of hydrogen-bond donors (Lipinski definition) is 1. The Labute approximate surface area is 127 Å². The monoisotopic (exact) mass is 283 g/mol. The molecule has 0 amide bonds. The van der Waals surface area contributed by atoms with Crippen LogP contribution in [0.1, 0.15) is 55.7 Å². The minimum atomic E-state index is -0.313. The van der Waals surface area contributed by atoms with Crippen LogP contribution in [0.2, 0.25) is 0 Å². The van der Waals surface area contributed by atoms with Crippen molar-refractivity contribution in [1.29, 1.82) is 0 Å². The van der Waals surface area contributed by atoms with Gasteiger partial charge in [0.05, 0.1) is 6.10 Å². The van der Waals surface area contributed by atoms with Gasteiger partial charge in [0.25, 0.3) is 0 Å². The van der Waals surface area contributed by atoms with Crippen molar-refractivity contribution in [2.24, 2.45) is 5.41 Å². The quantitative estimate of drug-likeness (QED) is 0.901. The molecule has 3 rings (SSSR count). The highest BCUT2D eigenvalue weighted by Gasteiger charge is 2.33. The summed E-state index contributed by atoms with van der Waals surface area (Å²) in [5.41, 5.74) is 5.31. The molecule has 0 aliphatic heterocycles. The maximum absolute atomic E-state index is 10.3. The van der Waals surface area contributed by atoms with Gasteiger partial charge >= 0.3 is 0 Å². The molecule has 1 unspecified atom stereocenters. The molecule has 21 heavy (non-hydrogen) atoms. The first kappa shape index (κ1) is 14.4. The lowest BCUT2D eigenvalue weighted by Crippen LogP contribution is -2.26. The van der Waals surface area contributed by atoms with Gasteiger partial charge in [0.1, 0.15) is 0 Å². The molecule has 0 bridgehead atoms. The van der Waals surface area contributed by atoms with Gasteiger partial charge in [-0.2, -0.15) is 0 Å². The van der Waals surface area contributed by atoms with Gasteiger partial charge in [0.2, 0.25) is 0 Å². The second kappa shape index (κ2) is 5.34. The SMILES string of the molecule is CCc1ccc(Cn2ccc3c2CC(C)(C)CC3O)cc1. The van der Waals surface area contributed by atoms with Gasteiger partial charge in [-0.3, -0.25) is 0 Å². The summed E-state index contributed by atoms with van der Waals surface area (Å²) < 4.78 is 2.31. The van der Waals surface area contributed by atoms with Crippen LogP contribution in [-0.2, 0) is 19.4 Å². The molecule has 2 aromatic rings. The molecule has 1 aromatic carbocycles. The molecule has 0 saturated carbocycles. The van der Waals surface area contributed by atoms with Crippen molar-refractivity contribution >= 4 is 0 Å². The van der Waals surface area contributed by atoms with E-state index in [4.69, 9.17) is 0 Å². The minimum Gasteiger partial charge on any atom is -0.388 e. The van der Waals surface area contributed by atoms with Crippen LogP contribution in [0.25, 0.3) is 0 Å². The fourth-order valence-electron chi connectivity index (χ4n) is 3.41. The second-order valence-corrected chi connectivity index (χ2v) is 7.08. The fraction of sp³-hybridized carbons (Fsp3) is 0.474. The molecule has 0 fully saturated rings. The van der Waals surface area contributed by atoms with Gasteiger partial charge in [-0.1, -0.05) is 45.0 Å². The Balaban J connectivity index is 1.87. The molecule has 0 saturated heterocycles. The first-order valence-corrected chi connectivity index (χ1v) is 7.92. The third kappa shape index (κ3) is 2.91. The Hall–Kier alpha value is -1.54. The molecule has 1 aliphatic carbocycles. The van der Waals surface area contributed by atoms with E-state index in [1.54, 1.807) is 0 Å². The predicted octanol–water partition coefficient (Wildman–Crippen LogP) is 4.10. The van der Waals surface area contributed by atoms with Crippen molar-refractivity contribution in [2.45, 2.75) is 52.7 Å². The van der Waals surface area contributed by atoms with E-state index >= 15 is 0 Å². The molecule has 1 N–H and O–H groups in total. The van der Waals surface area contributed by atoms with Crippen molar-refractivity contribution in [3.63, 3.8) is 0 Å². The zero-order valence-corrected chi connectivity index (χ0v) is 13.3. The number of hydrogen-bond acceptors (Lipinski definition) is 1. The summed E-state index contributed by atoms with van der Waals surface area (Å²) in [5.74, 6) is 0. The first-order valence-electron chi connectivity index (χ1n) is 7.92. The molecule has 1 heterocycles. The number of aryl methyl sites for hydroxylation is 1. The van der Waals surface area contributed by atoms with Crippen molar-refractivity contribution < 1.29 is 5.11 Å². The normalized spacial score (nSPS) is 20.3. The summed E-state index contributed by atoms with van der Waals surface area (Å²) in [5, 5.41) is 10.3. The molecule has 1 aromatic heterocycles. The van der Waals surface area contributed by atoms with E-state index in [0.717, 1.165) is 31.4 Å². The Bertz CT molecular complexity index is 622. The van der Waals surface area contributed by atoms with Crippen LogP contribution < -0.4 is 0 Å². The number of aromatic nitrogens is 1. The van der Waals surface area contributed by atoms with Crippen LogP contribution in [-0.4, -0.2) is 9.67 Å². The fourth-order valence-corrected chi connectivity index (χ4v) is 3.41. The van der Waals surface area contributed by atoms with Crippen molar-refractivity contribution in [3.05, 3.63) is 58.9 Å². The summed E-state index contributed by atoms with van der Waals surface area (Å²) in [6, 6.07) is 11.0. The van der Waals surface area contributed by atoms with Crippen LogP contribution in [0, 0.1) is 5.41 Å². The third-order valence-corrected chi connectivity index (χ3v) is 4.65. The summed E-state index contributed by atoms with van der Waals surface area (Å²) in [6.07, 6.45) is 4.80.